The molecule has 5 N–H and O–H groups in total. The molecule has 2 amide bonds. The second-order valence-electron chi connectivity index (χ2n) is 9.52. The third-order valence-electron chi connectivity index (χ3n) is 7.02. The molecule has 3 aliphatic rings. The number of aromatic nitrogens is 2. The summed E-state index contributed by atoms with van der Waals surface area (Å²) in [5, 5.41) is 9.56. The van der Waals surface area contributed by atoms with Crippen molar-refractivity contribution in [1.29, 1.82) is 0 Å². The van der Waals surface area contributed by atoms with Crippen molar-refractivity contribution in [2.24, 2.45) is 23.5 Å². The largest absolute Gasteiger partial charge is 0.364 e. The summed E-state index contributed by atoms with van der Waals surface area (Å²) in [6.45, 7) is 3.19. The van der Waals surface area contributed by atoms with E-state index in [0.29, 0.717) is 29.9 Å². The van der Waals surface area contributed by atoms with Gasteiger partial charge in [0.05, 0.1) is 11.1 Å². The Hall–Kier alpha value is -3.25. The molecule has 4 atom stereocenters. The fourth-order valence-electron chi connectivity index (χ4n) is 5.13. The smallest absolute Gasteiger partial charge is 0.271 e. The van der Waals surface area contributed by atoms with Gasteiger partial charge in [0.15, 0.2) is 21.3 Å². The number of hydrogen-bond acceptors (Lipinski definition) is 9. The molecule has 1 unspecified atom stereocenters. The van der Waals surface area contributed by atoms with Gasteiger partial charge < -0.3 is 26.6 Å². The molecule has 35 heavy (non-hydrogen) atoms. The topological polar surface area (TPSA) is 159 Å². The molecule has 2 aromatic rings. The zero-order chi connectivity index (χ0) is 24.7. The lowest BCUT2D eigenvalue weighted by Crippen LogP contribution is -2.49. The van der Waals surface area contributed by atoms with Crippen LogP contribution in [0.4, 0.5) is 17.3 Å². The summed E-state index contributed by atoms with van der Waals surface area (Å²) in [7, 11) is -3.32. The summed E-state index contributed by atoms with van der Waals surface area (Å²) in [4.78, 5) is 35.7. The number of fused-ring (bicyclic) bond motifs is 1. The number of sulfone groups is 1. The van der Waals surface area contributed by atoms with Crippen LogP contribution in [0.1, 0.15) is 23.3 Å². The van der Waals surface area contributed by atoms with E-state index in [4.69, 9.17) is 5.73 Å². The number of piperidine rings is 2. The minimum atomic E-state index is -3.32. The maximum Gasteiger partial charge on any atom is 0.271 e. The van der Waals surface area contributed by atoms with Gasteiger partial charge in [-0.3, -0.25) is 9.59 Å². The molecule has 1 aliphatic carbocycles. The van der Waals surface area contributed by atoms with E-state index in [0.717, 1.165) is 38.7 Å². The predicted molar refractivity (Wildman–Crippen MR) is 130 cm³/mol. The van der Waals surface area contributed by atoms with Crippen molar-refractivity contribution >= 4 is 39.0 Å². The number of carbonyl (C=O) groups excluding carboxylic acids is 2. The molecule has 0 spiro atoms. The highest BCUT2D eigenvalue weighted by Crippen LogP contribution is 2.48. The predicted octanol–water partition coefficient (Wildman–Crippen LogP) is 0.273. The second kappa shape index (κ2) is 9.08. The number of primary amides is 1. The van der Waals surface area contributed by atoms with E-state index in [2.05, 4.69) is 25.9 Å². The van der Waals surface area contributed by atoms with E-state index in [1.165, 1.54) is 18.3 Å². The Bertz CT molecular complexity index is 1240. The summed E-state index contributed by atoms with van der Waals surface area (Å²) in [5.74, 6) is 1.24. The van der Waals surface area contributed by atoms with Crippen LogP contribution in [-0.4, -0.2) is 68.7 Å². The minimum absolute atomic E-state index is 0.0168. The number of anilines is 3. The zero-order valence-corrected chi connectivity index (χ0v) is 20.2. The van der Waals surface area contributed by atoms with Crippen molar-refractivity contribution in [2.45, 2.75) is 23.8 Å². The van der Waals surface area contributed by atoms with Crippen LogP contribution in [0.3, 0.4) is 0 Å². The van der Waals surface area contributed by atoms with Crippen molar-refractivity contribution in [3.8, 4) is 0 Å². The molecule has 5 rings (SSSR count). The van der Waals surface area contributed by atoms with Crippen molar-refractivity contribution in [1.82, 2.24) is 20.6 Å². The van der Waals surface area contributed by atoms with Crippen LogP contribution in [0.2, 0.25) is 0 Å². The average Bonchev–Trinajstić information content (AvgIpc) is 3.31. The number of nitrogens with two attached hydrogens (primary N) is 1. The van der Waals surface area contributed by atoms with Gasteiger partial charge in [-0.2, -0.15) is 0 Å². The van der Waals surface area contributed by atoms with Gasteiger partial charge >= 0.3 is 0 Å². The van der Waals surface area contributed by atoms with Gasteiger partial charge in [0.25, 0.3) is 5.91 Å². The number of hydrogen-bond donors (Lipinski definition) is 4. The Morgan fingerprint density at radius 3 is 2.54 bits per heavy atom. The first-order valence-electron chi connectivity index (χ1n) is 11.7. The Morgan fingerprint density at radius 1 is 1.17 bits per heavy atom. The van der Waals surface area contributed by atoms with Gasteiger partial charge in [0.1, 0.15) is 5.82 Å². The molecule has 1 aromatic heterocycles. The van der Waals surface area contributed by atoms with E-state index in [1.54, 1.807) is 12.1 Å². The van der Waals surface area contributed by atoms with Gasteiger partial charge in [-0.1, -0.05) is 0 Å². The monoisotopic (exact) mass is 499 g/mol. The van der Waals surface area contributed by atoms with E-state index >= 15 is 0 Å². The lowest BCUT2D eigenvalue weighted by molar-refractivity contribution is -0.123. The normalized spacial score (nSPS) is 25.6. The summed E-state index contributed by atoms with van der Waals surface area (Å²) < 4.78 is 23.4. The van der Waals surface area contributed by atoms with Crippen LogP contribution in [0, 0.1) is 17.8 Å². The molecule has 11 nitrogen and oxygen atoms in total. The molecular weight excluding hydrogens is 470 g/mol. The number of benzene rings is 1. The number of nitrogens with zero attached hydrogens (tertiary/aromatic N) is 3. The standard InChI is InChI=1S/C23H29N7O4S/c1-35(33,34)15-6-4-13(5-7-15)27-22-20(21(24)31)26-11-18(29-22)30-8-2-3-14(12-30)28-23(32)19-16-9-25-10-17(16)19/h4-7,11,14,16-17,19,25H,2-3,8-10,12H2,1H3,(H2,24,31)(H,27,29)(H,28,32)/t14?,16-,17+,19-. The fourth-order valence-corrected chi connectivity index (χ4v) is 5.76. The van der Waals surface area contributed by atoms with Crippen LogP contribution < -0.4 is 26.6 Å². The third-order valence-corrected chi connectivity index (χ3v) is 8.15. The maximum absolute atomic E-state index is 12.7. The van der Waals surface area contributed by atoms with E-state index in [9.17, 15) is 18.0 Å². The average molecular weight is 500 g/mol. The van der Waals surface area contributed by atoms with Gasteiger partial charge in [0.2, 0.25) is 5.91 Å². The molecule has 2 aliphatic heterocycles. The Labute approximate surface area is 203 Å². The highest BCUT2D eigenvalue weighted by atomic mass is 32.2. The summed E-state index contributed by atoms with van der Waals surface area (Å²) >= 11 is 0. The first-order valence-corrected chi connectivity index (χ1v) is 13.6. The Kier molecular flexibility index (Phi) is 6.09. The SMILES string of the molecule is CS(=O)(=O)c1ccc(Nc2nc(N3CCCC(NC(=O)[C@@H]4[C@@H]5CNC[C@@H]54)C3)cnc2C(N)=O)cc1. The number of carbonyl (C=O) groups is 2. The minimum Gasteiger partial charge on any atom is -0.364 e. The molecule has 186 valence electrons. The summed E-state index contributed by atoms with van der Waals surface area (Å²) in [6.07, 6.45) is 4.43. The fraction of sp³-hybridized carbons (Fsp3) is 0.478. The second-order valence-corrected chi connectivity index (χ2v) is 11.5. The molecule has 1 aromatic carbocycles. The third kappa shape index (κ3) is 4.94. The van der Waals surface area contributed by atoms with Crippen molar-refractivity contribution in [3.05, 3.63) is 36.2 Å². The van der Waals surface area contributed by atoms with Crippen LogP contribution in [0.5, 0.6) is 0 Å². The molecular formula is C23H29N7O4S. The van der Waals surface area contributed by atoms with Gasteiger partial charge in [-0.25, -0.2) is 18.4 Å². The first-order chi connectivity index (χ1) is 16.7. The van der Waals surface area contributed by atoms with E-state index < -0.39 is 15.7 Å². The summed E-state index contributed by atoms with van der Waals surface area (Å²) in [5.41, 5.74) is 6.03. The molecule has 3 fully saturated rings. The molecule has 1 saturated carbocycles. The molecule has 0 radical (unpaired) electrons. The molecule has 2 saturated heterocycles. The van der Waals surface area contributed by atoms with Crippen LogP contribution in [0.15, 0.2) is 35.4 Å². The van der Waals surface area contributed by atoms with Crippen molar-refractivity contribution in [3.63, 3.8) is 0 Å². The van der Waals surface area contributed by atoms with E-state index in [-0.39, 0.29) is 34.3 Å². The van der Waals surface area contributed by atoms with Gasteiger partial charge in [-0.15, -0.1) is 0 Å². The highest BCUT2D eigenvalue weighted by molar-refractivity contribution is 7.90. The number of amides is 2. The quantitative estimate of drug-likeness (QED) is 0.419. The Morgan fingerprint density at radius 2 is 1.89 bits per heavy atom. The van der Waals surface area contributed by atoms with Gasteiger partial charge in [-0.05, 0) is 62.0 Å². The van der Waals surface area contributed by atoms with Crippen molar-refractivity contribution in [2.75, 3.05) is 42.7 Å². The van der Waals surface area contributed by atoms with Crippen molar-refractivity contribution < 1.29 is 18.0 Å². The van der Waals surface area contributed by atoms with Crippen LogP contribution >= 0.6 is 0 Å². The highest BCUT2D eigenvalue weighted by Gasteiger charge is 2.57. The molecule has 12 heteroatoms. The Balaban J connectivity index is 1.30. The summed E-state index contributed by atoms with van der Waals surface area (Å²) in [6, 6.07) is 6.14. The maximum atomic E-state index is 12.7. The number of nitrogens with one attached hydrogen (secondary N) is 3. The zero-order valence-electron chi connectivity index (χ0n) is 19.4. The van der Waals surface area contributed by atoms with Crippen LogP contribution in [-0.2, 0) is 14.6 Å². The molecule has 3 heterocycles. The lowest BCUT2D eigenvalue weighted by atomic mass is 10.1. The van der Waals surface area contributed by atoms with E-state index in [1.807, 2.05) is 4.90 Å². The number of rotatable bonds is 7. The first kappa shape index (κ1) is 23.5. The lowest BCUT2D eigenvalue weighted by Gasteiger charge is -2.34. The van der Waals surface area contributed by atoms with Gasteiger partial charge in [0, 0.05) is 37.0 Å². The van der Waals surface area contributed by atoms with Crippen LogP contribution in [0.25, 0.3) is 0 Å². The molecule has 0 bridgehead atoms.